The molecule has 1 N–H and O–H groups in total. The largest absolute Gasteiger partial charge is 0.455 e. The standard InChI is InChI=1S/C21H27N3O2/c1-3-17(2)23-13-15-24(16-14-23)21(25)22-19-11-7-8-12-20(19)26-18-9-5-4-6-10-18/h4-12,17H,3,13-16H2,1-2H3,(H,22,25). The fourth-order valence-corrected chi connectivity index (χ4v) is 3.09. The predicted octanol–water partition coefficient (Wildman–Crippen LogP) is 4.43. The average Bonchev–Trinajstić information content (AvgIpc) is 2.69. The summed E-state index contributed by atoms with van der Waals surface area (Å²) in [5.74, 6) is 1.39. The van der Waals surface area contributed by atoms with Crippen LogP contribution < -0.4 is 10.1 Å². The van der Waals surface area contributed by atoms with Gasteiger partial charge in [0.1, 0.15) is 5.75 Å². The number of carbonyl (C=O) groups is 1. The maximum Gasteiger partial charge on any atom is 0.322 e. The van der Waals surface area contributed by atoms with Gasteiger partial charge in [0.05, 0.1) is 5.69 Å². The minimum absolute atomic E-state index is 0.0714. The molecule has 5 heteroatoms. The van der Waals surface area contributed by atoms with E-state index in [-0.39, 0.29) is 6.03 Å². The quantitative estimate of drug-likeness (QED) is 0.865. The Morgan fingerprint density at radius 1 is 1.04 bits per heavy atom. The van der Waals surface area contributed by atoms with Gasteiger partial charge in [-0.3, -0.25) is 4.90 Å². The van der Waals surface area contributed by atoms with Gasteiger partial charge in [0.15, 0.2) is 5.75 Å². The van der Waals surface area contributed by atoms with Crippen molar-refractivity contribution in [3.63, 3.8) is 0 Å². The summed E-state index contributed by atoms with van der Waals surface area (Å²) in [6.07, 6.45) is 1.14. The van der Waals surface area contributed by atoms with Gasteiger partial charge >= 0.3 is 6.03 Å². The average molecular weight is 353 g/mol. The van der Waals surface area contributed by atoms with E-state index in [9.17, 15) is 4.79 Å². The van der Waals surface area contributed by atoms with Gasteiger partial charge in [-0.2, -0.15) is 0 Å². The number of amides is 2. The first-order chi connectivity index (χ1) is 12.7. The van der Waals surface area contributed by atoms with Crippen molar-refractivity contribution in [2.75, 3.05) is 31.5 Å². The molecule has 0 radical (unpaired) electrons. The third kappa shape index (κ3) is 4.55. The predicted molar refractivity (Wildman–Crippen MR) is 105 cm³/mol. The molecule has 2 amide bonds. The van der Waals surface area contributed by atoms with Gasteiger partial charge in [0, 0.05) is 32.2 Å². The number of ether oxygens (including phenoxy) is 1. The first-order valence-corrected chi connectivity index (χ1v) is 9.29. The Bertz CT molecular complexity index is 712. The normalized spacial score (nSPS) is 16.2. The molecule has 3 rings (SSSR count). The maximum atomic E-state index is 12.7. The van der Waals surface area contributed by atoms with E-state index in [1.54, 1.807) is 0 Å². The maximum absolute atomic E-state index is 12.7. The number of para-hydroxylation sites is 3. The molecule has 0 aliphatic carbocycles. The Morgan fingerprint density at radius 3 is 2.38 bits per heavy atom. The summed E-state index contributed by atoms with van der Waals surface area (Å²) in [5.41, 5.74) is 0.686. The molecule has 2 aromatic carbocycles. The Balaban J connectivity index is 1.62. The fraction of sp³-hybridized carbons (Fsp3) is 0.381. The van der Waals surface area contributed by atoms with Crippen LogP contribution in [0, 0.1) is 0 Å². The number of nitrogens with one attached hydrogen (secondary N) is 1. The number of piperazine rings is 1. The summed E-state index contributed by atoms with van der Waals surface area (Å²) in [6, 6.07) is 17.6. The van der Waals surface area contributed by atoms with Gasteiger partial charge in [-0.1, -0.05) is 37.3 Å². The van der Waals surface area contributed by atoms with Gasteiger partial charge in [0.2, 0.25) is 0 Å². The van der Waals surface area contributed by atoms with Crippen molar-refractivity contribution in [1.29, 1.82) is 0 Å². The van der Waals surface area contributed by atoms with E-state index in [1.165, 1.54) is 0 Å². The first kappa shape index (κ1) is 18.3. The van der Waals surface area contributed by atoms with Crippen LogP contribution in [0.25, 0.3) is 0 Å². The minimum Gasteiger partial charge on any atom is -0.455 e. The second kappa shape index (κ2) is 8.72. The van der Waals surface area contributed by atoms with Crippen molar-refractivity contribution in [2.24, 2.45) is 0 Å². The SMILES string of the molecule is CCC(C)N1CCN(C(=O)Nc2ccccc2Oc2ccccc2)CC1. The zero-order chi connectivity index (χ0) is 18.4. The van der Waals surface area contributed by atoms with Crippen molar-refractivity contribution in [2.45, 2.75) is 26.3 Å². The molecule has 1 saturated heterocycles. The minimum atomic E-state index is -0.0714. The van der Waals surface area contributed by atoms with Crippen molar-refractivity contribution < 1.29 is 9.53 Å². The molecule has 1 aliphatic rings. The summed E-state index contributed by atoms with van der Waals surface area (Å²) in [5, 5.41) is 3.00. The Morgan fingerprint density at radius 2 is 1.69 bits per heavy atom. The molecule has 26 heavy (non-hydrogen) atoms. The molecule has 1 fully saturated rings. The van der Waals surface area contributed by atoms with E-state index >= 15 is 0 Å². The second-order valence-electron chi connectivity index (χ2n) is 6.62. The van der Waals surface area contributed by atoms with Crippen LogP contribution in [0.2, 0.25) is 0 Å². The van der Waals surface area contributed by atoms with Crippen LogP contribution in [-0.2, 0) is 0 Å². The Hall–Kier alpha value is -2.53. The Labute approximate surface area is 155 Å². The fourth-order valence-electron chi connectivity index (χ4n) is 3.09. The number of urea groups is 1. The number of benzene rings is 2. The summed E-state index contributed by atoms with van der Waals surface area (Å²) in [7, 11) is 0. The summed E-state index contributed by atoms with van der Waals surface area (Å²) in [6.45, 7) is 7.78. The third-order valence-corrected chi connectivity index (χ3v) is 4.92. The first-order valence-electron chi connectivity index (χ1n) is 9.29. The molecule has 0 spiro atoms. The lowest BCUT2D eigenvalue weighted by atomic mass is 10.2. The van der Waals surface area contributed by atoms with Crippen molar-refractivity contribution >= 4 is 11.7 Å². The lowest BCUT2D eigenvalue weighted by Gasteiger charge is -2.37. The van der Waals surface area contributed by atoms with Crippen LogP contribution in [0.3, 0.4) is 0 Å². The number of hydrogen-bond acceptors (Lipinski definition) is 3. The van der Waals surface area contributed by atoms with Crippen LogP contribution in [0.1, 0.15) is 20.3 Å². The zero-order valence-electron chi connectivity index (χ0n) is 15.5. The van der Waals surface area contributed by atoms with Crippen molar-refractivity contribution in [3.05, 3.63) is 54.6 Å². The highest BCUT2D eigenvalue weighted by Gasteiger charge is 2.23. The van der Waals surface area contributed by atoms with Gasteiger partial charge in [-0.15, -0.1) is 0 Å². The smallest absolute Gasteiger partial charge is 0.322 e. The summed E-state index contributed by atoms with van der Waals surface area (Å²) in [4.78, 5) is 17.0. The molecule has 5 nitrogen and oxygen atoms in total. The molecule has 0 bridgehead atoms. The zero-order valence-corrected chi connectivity index (χ0v) is 15.5. The molecular formula is C21H27N3O2. The second-order valence-corrected chi connectivity index (χ2v) is 6.62. The van der Waals surface area contributed by atoms with Crippen LogP contribution >= 0.6 is 0 Å². The van der Waals surface area contributed by atoms with Crippen molar-refractivity contribution in [1.82, 2.24) is 9.80 Å². The van der Waals surface area contributed by atoms with Crippen LogP contribution in [0.4, 0.5) is 10.5 Å². The Kier molecular flexibility index (Phi) is 6.12. The van der Waals surface area contributed by atoms with Crippen LogP contribution in [0.5, 0.6) is 11.5 Å². The lowest BCUT2D eigenvalue weighted by Crippen LogP contribution is -2.52. The molecule has 1 atom stereocenters. The van der Waals surface area contributed by atoms with E-state index in [0.29, 0.717) is 17.5 Å². The number of nitrogens with zero attached hydrogens (tertiary/aromatic N) is 2. The van der Waals surface area contributed by atoms with E-state index in [0.717, 1.165) is 38.3 Å². The molecule has 1 aliphatic heterocycles. The van der Waals surface area contributed by atoms with Crippen LogP contribution in [-0.4, -0.2) is 48.1 Å². The molecule has 138 valence electrons. The monoisotopic (exact) mass is 353 g/mol. The number of anilines is 1. The molecule has 1 unspecified atom stereocenters. The van der Waals surface area contributed by atoms with Gasteiger partial charge in [0.25, 0.3) is 0 Å². The van der Waals surface area contributed by atoms with Gasteiger partial charge in [-0.05, 0) is 37.6 Å². The topological polar surface area (TPSA) is 44.8 Å². The summed E-state index contributed by atoms with van der Waals surface area (Å²) < 4.78 is 5.92. The number of hydrogen-bond donors (Lipinski definition) is 1. The molecule has 1 heterocycles. The van der Waals surface area contributed by atoms with Crippen molar-refractivity contribution in [3.8, 4) is 11.5 Å². The highest BCUT2D eigenvalue weighted by atomic mass is 16.5. The number of rotatable bonds is 5. The lowest BCUT2D eigenvalue weighted by molar-refractivity contribution is 0.117. The van der Waals surface area contributed by atoms with E-state index < -0.39 is 0 Å². The summed E-state index contributed by atoms with van der Waals surface area (Å²) >= 11 is 0. The third-order valence-electron chi connectivity index (χ3n) is 4.92. The number of carbonyl (C=O) groups excluding carboxylic acids is 1. The van der Waals surface area contributed by atoms with Gasteiger partial charge < -0.3 is 15.0 Å². The van der Waals surface area contributed by atoms with E-state index in [1.807, 2.05) is 59.5 Å². The van der Waals surface area contributed by atoms with Gasteiger partial charge in [-0.25, -0.2) is 4.79 Å². The van der Waals surface area contributed by atoms with E-state index in [2.05, 4.69) is 24.1 Å². The molecule has 0 saturated carbocycles. The molecule has 0 aromatic heterocycles. The molecule has 2 aromatic rings. The molecular weight excluding hydrogens is 326 g/mol. The van der Waals surface area contributed by atoms with Crippen LogP contribution in [0.15, 0.2) is 54.6 Å². The highest BCUT2D eigenvalue weighted by molar-refractivity contribution is 5.91. The highest BCUT2D eigenvalue weighted by Crippen LogP contribution is 2.29. The van der Waals surface area contributed by atoms with E-state index in [4.69, 9.17) is 4.74 Å².